The number of carbonyl (C=O) groups is 1. The van der Waals surface area contributed by atoms with Gasteiger partial charge in [0.15, 0.2) is 9.84 Å². The summed E-state index contributed by atoms with van der Waals surface area (Å²) in [5.74, 6) is -0.841. The number of fused-ring (bicyclic) bond motifs is 1. The van der Waals surface area contributed by atoms with Crippen molar-refractivity contribution >= 4 is 26.8 Å². The first-order valence-electron chi connectivity index (χ1n) is 9.53. The van der Waals surface area contributed by atoms with Crippen molar-refractivity contribution in [1.29, 1.82) is 0 Å². The minimum atomic E-state index is -4.75. The summed E-state index contributed by atoms with van der Waals surface area (Å²) in [6.45, 7) is 1.39. The molecule has 1 atom stereocenters. The molecule has 1 aliphatic heterocycles. The Hall–Kier alpha value is -2.70. The molecule has 2 aromatic heterocycles. The van der Waals surface area contributed by atoms with Crippen molar-refractivity contribution in [2.24, 2.45) is 7.05 Å². The Bertz CT molecular complexity index is 1250. The molecule has 0 N–H and O–H groups in total. The molecule has 0 aliphatic carbocycles. The number of aryl methyl sites for hydroxylation is 1. The number of pyridine rings is 1. The van der Waals surface area contributed by atoms with Gasteiger partial charge in [-0.1, -0.05) is 6.92 Å². The first kappa shape index (κ1) is 23.0. The van der Waals surface area contributed by atoms with Gasteiger partial charge in [0, 0.05) is 19.6 Å². The summed E-state index contributed by atoms with van der Waals surface area (Å²) in [5, 5.41) is -0.242. The van der Waals surface area contributed by atoms with Crippen LogP contribution in [0.3, 0.4) is 0 Å². The largest absolute Gasteiger partial charge is 0.433 e. The number of hydrogen-bond donors (Lipinski definition) is 0. The first-order valence-corrected chi connectivity index (χ1v) is 11.4. The van der Waals surface area contributed by atoms with Gasteiger partial charge < -0.3 is 4.90 Å². The molecule has 3 heterocycles. The van der Waals surface area contributed by atoms with Crippen LogP contribution in [0.25, 0.3) is 11.0 Å². The SMILES string of the molecule is CCCN(C(=O)Cn1c(=O)c2ccc(C(F)(F)F)nc2n(C)c1=O)C1CCS(=O)(=O)C1. The number of aromatic nitrogens is 3. The van der Waals surface area contributed by atoms with E-state index in [0.717, 1.165) is 17.7 Å². The highest BCUT2D eigenvalue weighted by atomic mass is 32.2. The molecule has 2 aromatic rings. The lowest BCUT2D eigenvalue weighted by Gasteiger charge is -2.28. The van der Waals surface area contributed by atoms with Crippen molar-refractivity contribution in [2.75, 3.05) is 18.1 Å². The van der Waals surface area contributed by atoms with Gasteiger partial charge in [-0.2, -0.15) is 13.2 Å². The number of rotatable bonds is 5. The van der Waals surface area contributed by atoms with Gasteiger partial charge in [0.2, 0.25) is 5.91 Å². The highest BCUT2D eigenvalue weighted by Gasteiger charge is 2.35. The second-order valence-electron chi connectivity index (χ2n) is 7.44. The van der Waals surface area contributed by atoms with Crippen molar-refractivity contribution in [2.45, 2.75) is 38.5 Å². The molecule has 0 aromatic carbocycles. The highest BCUT2D eigenvalue weighted by Crippen LogP contribution is 2.28. The molecule has 0 saturated carbocycles. The smallest absolute Gasteiger partial charge is 0.337 e. The number of carbonyl (C=O) groups excluding carboxylic acids is 1. The van der Waals surface area contributed by atoms with Gasteiger partial charge in [0.05, 0.1) is 16.9 Å². The predicted octanol–water partition coefficient (Wildman–Crippen LogP) is 0.540. The van der Waals surface area contributed by atoms with Gasteiger partial charge in [-0.05, 0) is 25.0 Å². The third-order valence-electron chi connectivity index (χ3n) is 5.20. The fourth-order valence-electron chi connectivity index (χ4n) is 3.67. The van der Waals surface area contributed by atoms with E-state index >= 15 is 0 Å². The second kappa shape index (κ2) is 8.09. The third-order valence-corrected chi connectivity index (χ3v) is 6.95. The number of amides is 1. The van der Waals surface area contributed by atoms with Crippen LogP contribution in [-0.4, -0.2) is 57.4 Å². The second-order valence-corrected chi connectivity index (χ2v) is 9.67. The molecule has 0 spiro atoms. The van der Waals surface area contributed by atoms with Gasteiger partial charge in [-0.3, -0.25) is 18.7 Å². The fourth-order valence-corrected chi connectivity index (χ4v) is 5.40. The molecular formula is C18H21F3N4O5S. The Kier molecular flexibility index (Phi) is 6.00. The van der Waals surface area contributed by atoms with Gasteiger partial charge in [-0.25, -0.2) is 18.2 Å². The zero-order chi connectivity index (χ0) is 23.1. The fraction of sp³-hybridized carbons (Fsp3) is 0.556. The van der Waals surface area contributed by atoms with Crippen molar-refractivity contribution in [1.82, 2.24) is 19.0 Å². The van der Waals surface area contributed by atoms with Crippen LogP contribution >= 0.6 is 0 Å². The van der Waals surface area contributed by atoms with E-state index in [-0.39, 0.29) is 29.9 Å². The summed E-state index contributed by atoms with van der Waals surface area (Å²) in [4.78, 5) is 43.1. The van der Waals surface area contributed by atoms with Gasteiger partial charge in [-0.15, -0.1) is 0 Å². The number of alkyl halides is 3. The van der Waals surface area contributed by atoms with E-state index in [2.05, 4.69) is 4.98 Å². The molecule has 31 heavy (non-hydrogen) atoms. The molecule has 13 heteroatoms. The number of hydrogen-bond acceptors (Lipinski definition) is 6. The summed E-state index contributed by atoms with van der Waals surface area (Å²) >= 11 is 0. The molecule has 1 saturated heterocycles. The molecule has 170 valence electrons. The van der Waals surface area contributed by atoms with Crippen LogP contribution < -0.4 is 11.2 Å². The quantitative estimate of drug-likeness (QED) is 0.641. The number of nitrogens with zero attached hydrogens (tertiary/aromatic N) is 4. The van der Waals surface area contributed by atoms with Crippen LogP contribution in [0.4, 0.5) is 13.2 Å². The Morgan fingerprint density at radius 1 is 1.29 bits per heavy atom. The minimum absolute atomic E-state index is 0.0456. The zero-order valence-corrected chi connectivity index (χ0v) is 17.7. The van der Waals surface area contributed by atoms with Crippen LogP contribution in [0.5, 0.6) is 0 Å². The minimum Gasteiger partial charge on any atom is -0.337 e. The molecule has 3 rings (SSSR count). The van der Waals surface area contributed by atoms with E-state index in [0.29, 0.717) is 17.1 Å². The van der Waals surface area contributed by atoms with E-state index in [4.69, 9.17) is 0 Å². The van der Waals surface area contributed by atoms with Gasteiger partial charge in [0.25, 0.3) is 5.56 Å². The maximum Gasteiger partial charge on any atom is 0.433 e. The third kappa shape index (κ3) is 4.50. The van der Waals surface area contributed by atoms with E-state index in [1.165, 1.54) is 4.90 Å². The van der Waals surface area contributed by atoms with Gasteiger partial charge >= 0.3 is 11.9 Å². The summed E-state index contributed by atoms with van der Waals surface area (Å²) in [5.41, 5.74) is -3.63. The lowest BCUT2D eigenvalue weighted by Crippen LogP contribution is -2.48. The van der Waals surface area contributed by atoms with Gasteiger partial charge in [0.1, 0.15) is 17.9 Å². The van der Waals surface area contributed by atoms with E-state index in [1.807, 2.05) is 0 Å². The molecule has 1 unspecified atom stereocenters. The van der Waals surface area contributed by atoms with Crippen LogP contribution in [-0.2, 0) is 34.4 Å². The Morgan fingerprint density at radius 2 is 1.97 bits per heavy atom. The van der Waals surface area contributed by atoms with Crippen LogP contribution in [0.15, 0.2) is 21.7 Å². The average Bonchev–Trinajstić information content (AvgIpc) is 3.05. The molecule has 0 bridgehead atoms. The number of sulfone groups is 1. The molecule has 9 nitrogen and oxygen atoms in total. The van der Waals surface area contributed by atoms with Crippen LogP contribution in [0, 0.1) is 0 Å². The number of halogens is 3. The average molecular weight is 462 g/mol. The molecule has 1 aliphatic rings. The maximum atomic E-state index is 12.9. The van der Waals surface area contributed by atoms with E-state index < -0.39 is 57.1 Å². The summed E-state index contributed by atoms with van der Waals surface area (Å²) < 4.78 is 63.8. The molecule has 1 amide bonds. The van der Waals surface area contributed by atoms with Crippen molar-refractivity contribution in [3.63, 3.8) is 0 Å². The predicted molar refractivity (Wildman–Crippen MR) is 105 cm³/mol. The topological polar surface area (TPSA) is 111 Å². The molecular weight excluding hydrogens is 441 g/mol. The van der Waals surface area contributed by atoms with E-state index in [1.54, 1.807) is 6.92 Å². The Labute approximate surface area is 175 Å². The lowest BCUT2D eigenvalue weighted by atomic mass is 10.2. The lowest BCUT2D eigenvalue weighted by molar-refractivity contribution is -0.141. The maximum absolute atomic E-state index is 12.9. The van der Waals surface area contributed by atoms with Crippen molar-refractivity contribution < 1.29 is 26.4 Å². The monoisotopic (exact) mass is 462 g/mol. The van der Waals surface area contributed by atoms with Crippen molar-refractivity contribution in [3.8, 4) is 0 Å². The standard InChI is InChI=1S/C18H21F3N4O5S/c1-3-7-24(11-6-8-31(29,30)10-11)14(26)9-25-16(27)12-4-5-13(18(19,20)21)22-15(12)23(2)17(25)28/h4-5,11H,3,6-10H2,1-2H3. The van der Waals surface area contributed by atoms with Crippen LogP contribution in [0.2, 0.25) is 0 Å². The van der Waals surface area contributed by atoms with Crippen molar-refractivity contribution in [3.05, 3.63) is 38.7 Å². The Morgan fingerprint density at radius 3 is 2.52 bits per heavy atom. The normalized spacial score (nSPS) is 18.4. The summed E-state index contributed by atoms with van der Waals surface area (Å²) in [7, 11) is -2.10. The summed E-state index contributed by atoms with van der Waals surface area (Å²) in [6.07, 6.45) is -3.95. The van der Waals surface area contributed by atoms with Crippen LogP contribution in [0.1, 0.15) is 25.5 Å². The highest BCUT2D eigenvalue weighted by molar-refractivity contribution is 7.91. The zero-order valence-electron chi connectivity index (χ0n) is 16.8. The Balaban J connectivity index is 2.01. The molecule has 1 fully saturated rings. The van der Waals surface area contributed by atoms with E-state index in [9.17, 15) is 36.0 Å². The summed E-state index contributed by atoms with van der Waals surface area (Å²) in [6, 6.07) is 1.00. The first-order chi connectivity index (χ1) is 14.4. The molecule has 0 radical (unpaired) electrons.